The maximum atomic E-state index is 12.5. The normalized spacial score (nSPS) is 26.9. The molecule has 1 spiro atoms. The predicted octanol–water partition coefficient (Wildman–Crippen LogP) is 2.12. The first kappa shape index (κ1) is 20.6. The lowest BCUT2D eigenvalue weighted by Crippen LogP contribution is -2.59. The van der Waals surface area contributed by atoms with E-state index in [4.69, 9.17) is 4.42 Å². The number of hydrogen-bond acceptors (Lipinski definition) is 7. The molecule has 3 rings (SSSR count). The number of thioether (sulfide) groups is 1. The highest BCUT2D eigenvalue weighted by molar-refractivity contribution is 7.99. The number of hydrogen-bond donors (Lipinski definition) is 1. The van der Waals surface area contributed by atoms with E-state index in [9.17, 15) is 9.90 Å². The molecule has 1 N–H and O–H groups in total. The van der Waals surface area contributed by atoms with Gasteiger partial charge in [0.15, 0.2) is 0 Å². The Morgan fingerprint density at radius 3 is 2.89 bits per heavy atom. The summed E-state index contributed by atoms with van der Waals surface area (Å²) >= 11 is 1.66. The van der Waals surface area contributed by atoms with Crippen LogP contribution in [0.3, 0.4) is 0 Å². The summed E-state index contributed by atoms with van der Waals surface area (Å²) in [7, 11) is 0. The minimum absolute atomic E-state index is 0.198. The summed E-state index contributed by atoms with van der Waals surface area (Å²) in [6.07, 6.45) is 2.26. The Morgan fingerprint density at radius 2 is 2.19 bits per heavy atom. The summed E-state index contributed by atoms with van der Waals surface area (Å²) in [6.45, 7) is 9.77. The van der Waals surface area contributed by atoms with Crippen molar-refractivity contribution in [2.75, 3.05) is 37.7 Å². The van der Waals surface area contributed by atoms with E-state index in [-0.39, 0.29) is 23.3 Å². The predicted molar refractivity (Wildman–Crippen MR) is 106 cm³/mol. The lowest BCUT2D eigenvalue weighted by molar-refractivity contribution is -0.139. The summed E-state index contributed by atoms with van der Waals surface area (Å²) in [5.74, 6) is 3.20. The third-order valence-corrected chi connectivity index (χ3v) is 6.55. The van der Waals surface area contributed by atoms with Crippen molar-refractivity contribution in [1.82, 2.24) is 20.0 Å². The molecule has 3 heterocycles. The molecular formula is C19H32N4O3S. The Labute approximate surface area is 165 Å². The molecule has 0 saturated carbocycles. The van der Waals surface area contributed by atoms with E-state index in [0.29, 0.717) is 30.6 Å². The van der Waals surface area contributed by atoms with Crippen LogP contribution in [0, 0.1) is 5.41 Å². The van der Waals surface area contributed by atoms with Gasteiger partial charge in [0.25, 0.3) is 0 Å². The van der Waals surface area contributed by atoms with Crippen molar-refractivity contribution in [3.05, 3.63) is 11.8 Å². The van der Waals surface area contributed by atoms with Crippen molar-refractivity contribution >= 4 is 17.7 Å². The number of carbonyl (C=O) groups is 1. The van der Waals surface area contributed by atoms with Gasteiger partial charge in [-0.05, 0) is 25.0 Å². The minimum atomic E-state index is -0.364. The summed E-state index contributed by atoms with van der Waals surface area (Å²) in [4.78, 5) is 16.8. The number of aliphatic hydroxyl groups is 1. The van der Waals surface area contributed by atoms with Crippen LogP contribution in [0.4, 0.5) is 0 Å². The topological polar surface area (TPSA) is 82.7 Å². The smallest absolute Gasteiger partial charge is 0.232 e. The molecule has 8 heteroatoms. The van der Waals surface area contributed by atoms with E-state index >= 15 is 0 Å². The van der Waals surface area contributed by atoms with Crippen LogP contribution >= 0.6 is 11.8 Å². The van der Waals surface area contributed by atoms with Crippen LogP contribution in [0.1, 0.15) is 57.7 Å². The van der Waals surface area contributed by atoms with Crippen molar-refractivity contribution in [3.8, 4) is 0 Å². The van der Waals surface area contributed by atoms with Crippen LogP contribution in [-0.4, -0.2) is 74.8 Å². The van der Waals surface area contributed by atoms with Gasteiger partial charge in [0.2, 0.25) is 17.7 Å². The first-order valence-corrected chi connectivity index (χ1v) is 11.2. The molecular weight excluding hydrogens is 364 g/mol. The van der Waals surface area contributed by atoms with Crippen molar-refractivity contribution in [1.29, 1.82) is 0 Å². The van der Waals surface area contributed by atoms with E-state index in [2.05, 4.69) is 22.0 Å². The molecule has 0 aromatic carbocycles. The molecule has 0 bridgehead atoms. The van der Waals surface area contributed by atoms with Crippen molar-refractivity contribution in [2.24, 2.45) is 5.41 Å². The number of carbonyl (C=O) groups excluding carboxylic acids is 1. The van der Waals surface area contributed by atoms with Crippen LogP contribution in [-0.2, 0) is 11.3 Å². The largest absolute Gasteiger partial charge is 0.424 e. The number of aliphatic hydroxyl groups excluding tert-OH is 1. The molecule has 2 saturated heterocycles. The zero-order chi connectivity index (χ0) is 19.4. The number of amides is 1. The Morgan fingerprint density at radius 1 is 1.37 bits per heavy atom. The lowest BCUT2D eigenvalue weighted by Gasteiger charge is -2.51. The molecule has 7 nitrogen and oxygen atoms in total. The summed E-state index contributed by atoms with van der Waals surface area (Å²) in [5.41, 5.74) is -0.246. The molecule has 0 radical (unpaired) electrons. The number of nitrogens with zero attached hydrogens (tertiary/aromatic N) is 4. The second kappa shape index (κ2) is 8.92. The first-order chi connectivity index (χ1) is 12.9. The Bertz CT molecular complexity index is 638. The average molecular weight is 397 g/mol. The minimum Gasteiger partial charge on any atom is -0.424 e. The molecule has 2 aliphatic rings. The fourth-order valence-corrected chi connectivity index (χ4v) is 4.75. The van der Waals surface area contributed by atoms with Crippen molar-refractivity contribution in [2.45, 2.75) is 58.6 Å². The van der Waals surface area contributed by atoms with E-state index in [1.54, 1.807) is 11.8 Å². The summed E-state index contributed by atoms with van der Waals surface area (Å²) in [6, 6.07) is 0. The molecule has 1 aromatic rings. The first-order valence-electron chi connectivity index (χ1n) is 10.0. The fraction of sp³-hybridized carbons (Fsp3) is 0.842. The van der Waals surface area contributed by atoms with E-state index in [1.807, 2.05) is 18.7 Å². The van der Waals surface area contributed by atoms with Gasteiger partial charge in [0.05, 0.1) is 18.4 Å². The monoisotopic (exact) mass is 396 g/mol. The van der Waals surface area contributed by atoms with Crippen molar-refractivity contribution in [3.63, 3.8) is 0 Å². The number of aromatic nitrogens is 2. The molecule has 2 aliphatic heterocycles. The summed E-state index contributed by atoms with van der Waals surface area (Å²) < 4.78 is 5.76. The van der Waals surface area contributed by atoms with Crippen LogP contribution in [0.15, 0.2) is 4.42 Å². The van der Waals surface area contributed by atoms with Gasteiger partial charge >= 0.3 is 0 Å². The van der Waals surface area contributed by atoms with E-state index in [1.165, 1.54) is 0 Å². The highest BCUT2D eigenvalue weighted by Gasteiger charge is 2.46. The molecule has 27 heavy (non-hydrogen) atoms. The lowest BCUT2D eigenvalue weighted by atomic mass is 9.71. The Hall–Kier alpha value is -1.12. The molecule has 152 valence electrons. The van der Waals surface area contributed by atoms with Gasteiger partial charge in [-0.25, -0.2) is 0 Å². The molecule has 1 amide bonds. The second-order valence-electron chi connectivity index (χ2n) is 8.12. The molecule has 2 fully saturated rings. The van der Waals surface area contributed by atoms with Crippen LogP contribution in [0.2, 0.25) is 0 Å². The molecule has 2 atom stereocenters. The van der Waals surface area contributed by atoms with Gasteiger partial charge in [-0.15, -0.1) is 10.2 Å². The maximum absolute atomic E-state index is 12.5. The molecule has 0 unspecified atom stereocenters. The van der Waals surface area contributed by atoms with Gasteiger partial charge in [0.1, 0.15) is 0 Å². The van der Waals surface area contributed by atoms with Gasteiger partial charge in [0, 0.05) is 37.5 Å². The molecule has 0 aliphatic carbocycles. The highest BCUT2D eigenvalue weighted by Crippen LogP contribution is 2.39. The SMILES string of the molecule is CCSCC(=O)N1CCC[C@@]2(CN(Cc3nnc(C(C)C)o3)CC[C@H]2O)C1. The van der Waals surface area contributed by atoms with Gasteiger partial charge in [-0.1, -0.05) is 20.8 Å². The van der Waals surface area contributed by atoms with Gasteiger partial charge < -0.3 is 14.4 Å². The standard InChI is InChI=1S/C19H32N4O3S/c1-4-27-11-17(25)23-8-5-7-19(13-23)12-22(9-6-15(19)24)10-16-20-21-18(26-16)14(2)3/h14-15,24H,4-13H2,1-3H3/t15-,19-/m1/s1. The van der Waals surface area contributed by atoms with Crippen LogP contribution in [0.5, 0.6) is 0 Å². The average Bonchev–Trinajstić information content (AvgIpc) is 3.12. The molecule has 1 aromatic heterocycles. The second-order valence-corrected chi connectivity index (χ2v) is 9.40. The van der Waals surface area contributed by atoms with Crippen LogP contribution < -0.4 is 0 Å². The highest BCUT2D eigenvalue weighted by atomic mass is 32.2. The Kier molecular flexibility index (Phi) is 6.81. The number of rotatable bonds is 6. The maximum Gasteiger partial charge on any atom is 0.232 e. The number of piperidine rings is 2. The zero-order valence-corrected chi connectivity index (χ0v) is 17.5. The fourth-order valence-electron chi connectivity index (χ4n) is 4.19. The van der Waals surface area contributed by atoms with E-state index in [0.717, 1.165) is 44.6 Å². The number of likely N-dealkylation sites (tertiary alicyclic amines) is 2. The quantitative estimate of drug-likeness (QED) is 0.788. The van der Waals surface area contributed by atoms with Gasteiger partial charge in [-0.3, -0.25) is 9.69 Å². The third kappa shape index (κ3) is 4.84. The Balaban J connectivity index is 1.65. The zero-order valence-electron chi connectivity index (χ0n) is 16.7. The van der Waals surface area contributed by atoms with Gasteiger partial charge in [-0.2, -0.15) is 11.8 Å². The van der Waals surface area contributed by atoms with E-state index < -0.39 is 0 Å². The van der Waals surface area contributed by atoms with Crippen molar-refractivity contribution < 1.29 is 14.3 Å². The summed E-state index contributed by atoms with van der Waals surface area (Å²) in [5, 5.41) is 19.1. The third-order valence-electron chi connectivity index (χ3n) is 5.69. The van der Waals surface area contributed by atoms with Crippen LogP contribution in [0.25, 0.3) is 0 Å².